The first-order valence-electron chi connectivity index (χ1n) is 7.56. The Morgan fingerprint density at radius 2 is 1.87 bits per heavy atom. The van der Waals surface area contributed by atoms with Gasteiger partial charge in [0.2, 0.25) is 5.91 Å². The molecule has 23 heavy (non-hydrogen) atoms. The number of rotatable bonds is 2. The zero-order valence-electron chi connectivity index (χ0n) is 12.5. The highest BCUT2D eigenvalue weighted by atomic mass is 16.2. The molecule has 1 aliphatic heterocycles. The van der Waals surface area contributed by atoms with E-state index in [1.807, 2.05) is 30.3 Å². The van der Waals surface area contributed by atoms with Crippen LogP contribution in [0.4, 0.5) is 5.69 Å². The van der Waals surface area contributed by atoms with E-state index in [0.717, 1.165) is 12.1 Å². The molecule has 0 spiro atoms. The average molecular weight is 305 g/mol. The molecular weight excluding hydrogens is 290 g/mol. The molecule has 2 heterocycles. The molecule has 114 valence electrons. The molecule has 0 unspecified atom stereocenters. The zero-order valence-corrected chi connectivity index (χ0v) is 12.5. The average Bonchev–Trinajstić information content (AvgIpc) is 3.02. The van der Waals surface area contributed by atoms with Crippen molar-refractivity contribution < 1.29 is 4.79 Å². The van der Waals surface area contributed by atoms with Gasteiger partial charge in [-0.15, -0.1) is 0 Å². The van der Waals surface area contributed by atoms with Crippen molar-refractivity contribution >= 4 is 22.5 Å². The topological polar surface area (TPSA) is 55.2 Å². The Morgan fingerprint density at radius 1 is 1.09 bits per heavy atom. The standard InChI is InChI=1S/C18H15N3O2/c22-17(21-10-9-13-5-1-4-8-16(13)21)11-20-12-19-15-7-3-2-6-14(15)18(20)23/h1-8,12H,9-11H2. The number of para-hydroxylation sites is 2. The van der Waals surface area contributed by atoms with E-state index in [2.05, 4.69) is 4.98 Å². The van der Waals surface area contributed by atoms with Gasteiger partial charge in [0.25, 0.3) is 5.56 Å². The van der Waals surface area contributed by atoms with Crippen LogP contribution in [0.1, 0.15) is 5.56 Å². The van der Waals surface area contributed by atoms with Gasteiger partial charge in [0.1, 0.15) is 6.54 Å². The number of hydrogen-bond donors (Lipinski definition) is 0. The number of carbonyl (C=O) groups is 1. The number of aromatic nitrogens is 2. The Labute approximate surface area is 132 Å². The third kappa shape index (κ3) is 2.30. The Balaban J connectivity index is 1.65. The van der Waals surface area contributed by atoms with Crippen LogP contribution in [0, 0.1) is 0 Å². The van der Waals surface area contributed by atoms with Gasteiger partial charge in [0.05, 0.1) is 17.2 Å². The minimum atomic E-state index is -0.184. The number of anilines is 1. The minimum absolute atomic E-state index is 0.00496. The molecule has 1 aliphatic rings. The third-order valence-electron chi connectivity index (χ3n) is 4.23. The predicted molar refractivity (Wildman–Crippen MR) is 88.5 cm³/mol. The van der Waals surface area contributed by atoms with Crippen molar-refractivity contribution in [3.05, 3.63) is 70.8 Å². The van der Waals surface area contributed by atoms with Crippen LogP contribution in [0.15, 0.2) is 59.7 Å². The fourth-order valence-electron chi connectivity index (χ4n) is 3.05. The maximum absolute atomic E-state index is 12.6. The molecule has 0 aliphatic carbocycles. The molecule has 0 N–H and O–H groups in total. The second kappa shape index (κ2) is 5.35. The summed E-state index contributed by atoms with van der Waals surface area (Å²) >= 11 is 0. The predicted octanol–water partition coefficient (Wildman–Crippen LogP) is 1.99. The van der Waals surface area contributed by atoms with E-state index in [-0.39, 0.29) is 18.0 Å². The van der Waals surface area contributed by atoms with Crippen molar-refractivity contribution in [2.75, 3.05) is 11.4 Å². The molecule has 0 atom stereocenters. The van der Waals surface area contributed by atoms with Crippen molar-refractivity contribution in [2.45, 2.75) is 13.0 Å². The molecule has 0 fully saturated rings. The first-order valence-corrected chi connectivity index (χ1v) is 7.56. The van der Waals surface area contributed by atoms with Crippen LogP contribution < -0.4 is 10.5 Å². The van der Waals surface area contributed by atoms with Crippen molar-refractivity contribution in [1.29, 1.82) is 0 Å². The van der Waals surface area contributed by atoms with E-state index in [9.17, 15) is 9.59 Å². The van der Waals surface area contributed by atoms with E-state index in [1.165, 1.54) is 16.5 Å². The van der Waals surface area contributed by atoms with Gasteiger partial charge in [-0.3, -0.25) is 14.2 Å². The number of hydrogen-bond acceptors (Lipinski definition) is 3. The van der Waals surface area contributed by atoms with Gasteiger partial charge in [0.15, 0.2) is 0 Å². The summed E-state index contributed by atoms with van der Waals surface area (Å²) in [5, 5.41) is 0.532. The molecule has 5 nitrogen and oxygen atoms in total. The molecule has 0 radical (unpaired) electrons. The van der Waals surface area contributed by atoms with E-state index < -0.39 is 0 Å². The fourth-order valence-corrected chi connectivity index (χ4v) is 3.05. The van der Waals surface area contributed by atoms with Gasteiger partial charge in [-0.2, -0.15) is 0 Å². The van der Waals surface area contributed by atoms with Crippen LogP contribution in [0.25, 0.3) is 10.9 Å². The van der Waals surface area contributed by atoms with Gasteiger partial charge in [-0.05, 0) is 30.2 Å². The number of nitrogens with zero attached hydrogens (tertiary/aromatic N) is 3. The monoisotopic (exact) mass is 305 g/mol. The van der Waals surface area contributed by atoms with Gasteiger partial charge in [0, 0.05) is 12.2 Å². The van der Waals surface area contributed by atoms with Gasteiger partial charge in [-0.1, -0.05) is 30.3 Å². The molecule has 4 rings (SSSR count). The van der Waals surface area contributed by atoms with E-state index in [0.29, 0.717) is 17.4 Å². The molecule has 1 aromatic heterocycles. The lowest BCUT2D eigenvalue weighted by Crippen LogP contribution is -2.35. The summed E-state index contributed by atoms with van der Waals surface area (Å²) in [5.41, 5.74) is 2.58. The van der Waals surface area contributed by atoms with E-state index in [1.54, 1.807) is 23.1 Å². The molecule has 0 bridgehead atoms. The highest BCUT2D eigenvalue weighted by Gasteiger charge is 2.24. The van der Waals surface area contributed by atoms with Crippen molar-refractivity contribution in [1.82, 2.24) is 9.55 Å². The number of carbonyl (C=O) groups excluding carboxylic acids is 1. The van der Waals surface area contributed by atoms with Crippen molar-refractivity contribution in [2.24, 2.45) is 0 Å². The molecule has 5 heteroatoms. The van der Waals surface area contributed by atoms with E-state index in [4.69, 9.17) is 0 Å². The first-order chi connectivity index (χ1) is 11.2. The van der Waals surface area contributed by atoms with Crippen molar-refractivity contribution in [3.8, 4) is 0 Å². The maximum Gasteiger partial charge on any atom is 0.261 e. The number of amides is 1. The third-order valence-corrected chi connectivity index (χ3v) is 4.23. The molecular formula is C18H15N3O2. The Morgan fingerprint density at radius 3 is 2.78 bits per heavy atom. The normalized spacial score (nSPS) is 13.3. The van der Waals surface area contributed by atoms with Crippen LogP contribution in [-0.2, 0) is 17.8 Å². The molecule has 2 aromatic carbocycles. The smallest absolute Gasteiger partial charge is 0.261 e. The lowest BCUT2D eigenvalue weighted by Gasteiger charge is -2.18. The zero-order chi connectivity index (χ0) is 15.8. The summed E-state index contributed by atoms with van der Waals surface area (Å²) < 4.78 is 1.38. The summed E-state index contributed by atoms with van der Waals surface area (Å²) in [5.74, 6) is -0.0888. The number of benzene rings is 2. The highest BCUT2D eigenvalue weighted by Crippen LogP contribution is 2.27. The van der Waals surface area contributed by atoms with Crippen molar-refractivity contribution in [3.63, 3.8) is 0 Å². The van der Waals surface area contributed by atoms with Gasteiger partial charge in [-0.25, -0.2) is 4.98 Å². The fraction of sp³-hybridized carbons (Fsp3) is 0.167. The minimum Gasteiger partial charge on any atom is -0.310 e. The van der Waals surface area contributed by atoms with Crippen LogP contribution in [-0.4, -0.2) is 22.0 Å². The highest BCUT2D eigenvalue weighted by molar-refractivity contribution is 5.95. The van der Waals surface area contributed by atoms with E-state index >= 15 is 0 Å². The summed E-state index contributed by atoms with van der Waals surface area (Å²) in [4.78, 5) is 31.1. The summed E-state index contributed by atoms with van der Waals surface area (Å²) in [6.45, 7) is 0.666. The lowest BCUT2D eigenvalue weighted by molar-refractivity contribution is -0.119. The quantitative estimate of drug-likeness (QED) is 0.727. The molecule has 0 saturated heterocycles. The molecule has 0 saturated carbocycles. The van der Waals surface area contributed by atoms with Crippen LogP contribution in [0.3, 0.4) is 0 Å². The summed E-state index contributed by atoms with van der Waals surface area (Å²) in [6, 6.07) is 15.0. The second-order valence-electron chi connectivity index (χ2n) is 5.62. The Kier molecular flexibility index (Phi) is 3.19. The SMILES string of the molecule is O=C(Cn1cnc2ccccc2c1=O)N1CCc2ccccc21. The van der Waals surface area contributed by atoms with Gasteiger partial charge < -0.3 is 4.90 Å². The second-order valence-corrected chi connectivity index (χ2v) is 5.62. The maximum atomic E-state index is 12.6. The summed E-state index contributed by atoms with van der Waals surface area (Å²) in [7, 11) is 0. The lowest BCUT2D eigenvalue weighted by atomic mass is 10.2. The number of fused-ring (bicyclic) bond motifs is 2. The van der Waals surface area contributed by atoms with Crippen LogP contribution >= 0.6 is 0 Å². The largest absolute Gasteiger partial charge is 0.310 e. The van der Waals surface area contributed by atoms with Crippen LogP contribution in [0.5, 0.6) is 0 Å². The van der Waals surface area contributed by atoms with Crippen LogP contribution in [0.2, 0.25) is 0 Å². The van der Waals surface area contributed by atoms with Gasteiger partial charge >= 0.3 is 0 Å². The molecule has 1 amide bonds. The summed E-state index contributed by atoms with van der Waals surface area (Å²) in [6.07, 6.45) is 2.30. The Bertz CT molecular complexity index is 962. The first kappa shape index (κ1) is 13.7. The molecule has 3 aromatic rings. The Hall–Kier alpha value is -2.95.